The first kappa shape index (κ1) is 23.9. The lowest BCUT2D eigenvalue weighted by Crippen LogP contribution is -2.37. The summed E-state index contributed by atoms with van der Waals surface area (Å²) in [6.45, 7) is 3.62. The summed E-state index contributed by atoms with van der Waals surface area (Å²) in [4.78, 5) is 4.31. The molecule has 30 heavy (non-hydrogen) atoms. The summed E-state index contributed by atoms with van der Waals surface area (Å²) in [6, 6.07) is 20.5. The van der Waals surface area contributed by atoms with Crippen LogP contribution in [0.5, 0.6) is 0 Å². The molecule has 0 saturated heterocycles. The molecule has 0 unspecified atom stereocenters. The second kappa shape index (κ2) is 13.8. The van der Waals surface area contributed by atoms with Gasteiger partial charge in [-0.2, -0.15) is 5.10 Å². The van der Waals surface area contributed by atoms with Crippen molar-refractivity contribution in [2.75, 3.05) is 13.6 Å². The summed E-state index contributed by atoms with van der Waals surface area (Å²) >= 11 is 0. The van der Waals surface area contributed by atoms with E-state index in [1.165, 1.54) is 16.7 Å². The highest BCUT2D eigenvalue weighted by Gasteiger charge is 2.04. The predicted octanol–water partition coefficient (Wildman–Crippen LogP) is 3.97. The van der Waals surface area contributed by atoms with Gasteiger partial charge in [0.05, 0.1) is 13.2 Å². The van der Waals surface area contributed by atoms with Crippen molar-refractivity contribution in [3.8, 4) is 0 Å². The van der Waals surface area contributed by atoms with Gasteiger partial charge in [0.15, 0.2) is 5.96 Å². The number of hydrogen-bond acceptors (Lipinski definition) is 3. The molecule has 160 valence electrons. The topological polar surface area (TPSA) is 63.5 Å². The van der Waals surface area contributed by atoms with E-state index in [4.69, 9.17) is 4.74 Å². The number of aliphatic imine (C=N–C) groups is 1. The summed E-state index contributed by atoms with van der Waals surface area (Å²) in [5, 5.41) is 11.0. The Kier molecular flexibility index (Phi) is 11.0. The molecule has 0 aliphatic carbocycles. The molecule has 0 radical (unpaired) electrons. The van der Waals surface area contributed by atoms with Crippen LogP contribution in [0.4, 0.5) is 0 Å². The van der Waals surface area contributed by atoms with Gasteiger partial charge in [0, 0.05) is 39.1 Å². The number of nitrogens with one attached hydrogen (secondary N) is 2. The highest BCUT2D eigenvalue weighted by atomic mass is 127. The van der Waals surface area contributed by atoms with Crippen LogP contribution in [0.15, 0.2) is 78.0 Å². The third kappa shape index (κ3) is 8.16. The van der Waals surface area contributed by atoms with E-state index in [0.717, 1.165) is 25.5 Å². The molecule has 1 heterocycles. The minimum absolute atomic E-state index is 0. The molecular weight excluding hydrogens is 489 g/mol. The normalized spacial score (nSPS) is 11.0. The SMILES string of the molecule is CN=C(NCCCn1cccn1)NCc1ccccc1COCc1ccccc1.I. The van der Waals surface area contributed by atoms with Gasteiger partial charge in [-0.25, -0.2) is 0 Å². The maximum atomic E-state index is 5.91. The number of hydrogen-bond donors (Lipinski definition) is 2. The first-order valence-electron chi connectivity index (χ1n) is 9.95. The van der Waals surface area contributed by atoms with Gasteiger partial charge in [0.2, 0.25) is 0 Å². The Balaban J connectivity index is 0.00000320. The van der Waals surface area contributed by atoms with Crippen molar-refractivity contribution in [3.05, 3.63) is 89.7 Å². The van der Waals surface area contributed by atoms with E-state index in [2.05, 4.69) is 51.1 Å². The lowest BCUT2D eigenvalue weighted by Gasteiger charge is -2.14. The molecule has 3 aromatic rings. The van der Waals surface area contributed by atoms with E-state index in [0.29, 0.717) is 19.8 Å². The van der Waals surface area contributed by atoms with E-state index >= 15 is 0 Å². The van der Waals surface area contributed by atoms with Crippen molar-refractivity contribution in [1.82, 2.24) is 20.4 Å². The Morgan fingerprint density at radius 1 is 0.967 bits per heavy atom. The average Bonchev–Trinajstić information content (AvgIpc) is 3.28. The third-order valence-electron chi connectivity index (χ3n) is 4.57. The number of nitrogens with zero attached hydrogens (tertiary/aromatic N) is 3. The monoisotopic (exact) mass is 519 g/mol. The van der Waals surface area contributed by atoms with Crippen LogP contribution in [0.1, 0.15) is 23.1 Å². The summed E-state index contributed by atoms with van der Waals surface area (Å²) in [5.41, 5.74) is 3.58. The van der Waals surface area contributed by atoms with Gasteiger partial charge >= 0.3 is 0 Å². The quantitative estimate of drug-likeness (QED) is 0.184. The van der Waals surface area contributed by atoms with Crippen LogP contribution in [-0.2, 0) is 31.0 Å². The maximum Gasteiger partial charge on any atom is 0.191 e. The Morgan fingerprint density at radius 2 is 1.73 bits per heavy atom. The Morgan fingerprint density at radius 3 is 2.47 bits per heavy atom. The highest BCUT2D eigenvalue weighted by molar-refractivity contribution is 14.0. The molecule has 0 saturated carbocycles. The van der Waals surface area contributed by atoms with E-state index < -0.39 is 0 Å². The van der Waals surface area contributed by atoms with Crippen molar-refractivity contribution in [2.24, 2.45) is 4.99 Å². The molecule has 0 spiro atoms. The Hall–Kier alpha value is -2.39. The number of halogens is 1. The molecule has 0 amide bonds. The van der Waals surface area contributed by atoms with Gasteiger partial charge in [-0.15, -0.1) is 24.0 Å². The largest absolute Gasteiger partial charge is 0.372 e. The number of guanidine groups is 1. The lowest BCUT2D eigenvalue weighted by atomic mass is 10.1. The fourth-order valence-corrected chi connectivity index (χ4v) is 3.00. The number of rotatable bonds is 10. The van der Waals surface area contributed by atoms with Crippen molar-refractivity contribution in [3.63, 3.8) is 0 Å². The molecule has 7 heteroatoms. The average molecular weight is 519 g/mol. The standard InChI is InChI=1S/C23H29N5O.HI/c1-24-23(25-13-7-15-28-16-8-14-27-28)26-17-21-11-5-6-12-22(21)19-29-18-20-9-3-2-4-10-20;/h2-6,8-12,14,16H,7,13,15,17-19H2,1H3,(H2,24,25,26);1H. The van der Waals surface area contributed by atoms with Crippen molar-refractivity contribution >= 4 is 29.9 Å². The van der Waals surface area contributed by atoms with E-state index in [1.807, 2.05) is 41.2 Å². The smallest absolute Gasteiger partial charge is 0.191 e. The summed E-state index contributed by atoms with van der Waals surface area (Å²) in [7, 11) is 1.79. The number of aromatic nitrogens is 2. The molecule has 2 N–H and O–H groups in total. The molecule has 2 aromatic carbocycles. The van der Waals surface area contributed by atoms with Gasteiger partial charge in [-0.05, 0) is 29.2 Å². The zero-order chi connectivity index (χ0) is 20.2. The fourth-order valence-electron chi connectivity index (χ4n) is 3.00. The van der Waals surface area contributed by atoms with Crippen LogP contribution >= 0.6 is 24.0 Å². The molecule has 0 fully saturated rings. The second-order valence-corrected chi connectivity index (χ2v) is 6.72. The lowest BCUT2D eigenvalue weighted by molar-refractivity contribution is 0.106. The fraction of sp³-hybridized carbons (Fsp3) is 0.304. The van der Waals surface area contributed by atoms with Crippen LogP contribution in [-0.4, -0.2) is 29.3 Å². The second-order valence-electron chi connectivity index (χ2n) is 6.72. The van der Waals surface area contributed by atoms with E-state index in [-0.39, 0.29) is 24.0 Å². The van der Waals surface area contributed by atoms with Crippen LogP contribution < -0.4 is 10.6 Å². The first-order valence-corrected chi connectivity index (χ1v) is 9.95. The van der Waals surface area contributed by atoms with E-state index in [9.17, 15) is 0 Å². The molecule has 3 rings (SSSR count). The molecule has 0 bridgehead atoms. The van der Waals surface area contributed by atoms with E-state index in [1.54, 1.807) is 13.2 Å². The first-order chi connectivity index (χ1) is 14.3. The molecule has 0 aliphatic heterocycles. The van der Waals surface area contributed by atoms with Gasteiger partial charge in [-0.1, -0.05) is 54.6 Å². The molecule has 1 aromatic heterocycles. The third-order valence-corrected chi connectivity index (χ3v) is 4.57. The molecule has 6 nitrogen and oxygen atoms in total. The number of ether oxygens (including phenoxy) is 1. The molecule has 0 atom stereocenters. The van der Waals surface area contributed by atoms with Gasteiger partial charge in [0.1, 0.15) is 0 Å². The zero-order valence-electron chi connectivity index (χ0n) is 17.3. The number of benzene rings is 2. The summed E-state index contributed by atoms with van der Waals surface area (Å²) < 4.78 is 7.85. The molecule has 0 aliphatic rings. The number of aryl methyl sites for hydroxylation is 1. The Bertz CT molecular complexity index is 868. The minimum Gasteiger partial charge on any atom is -0.372 e. The van der Waals surface area contributed by atoms with Gasteiger partial charge in [-0.3, -0.25) is 9.67 Å². The highest BCUT2D eigenvalue weighted by Crippen LogP contribution is 2.11. The summed E-state index contributed by atoms with van der Waals surface area (Å²) in [6.07, 6.45) is 4.76. The predicted molar refractivity (Wildman–Crippen MR) is 132 cm³/mol. The van der Waals surface area contributed by atoms with Crippen LogP contribution in [0.25, 0.3) is 0 Å². The zero-order valence-corrected chi connectivity index (χ0v) is 19.7. The van der Waals surface area contributed by atoms with Crippen LogP contribution in [0, 0.1) is 0 Å². The van der Waals surface area contributed by atoms with Crippen LogP contribution in [0.3, 0.4) is 0 Å². The summed E-state index contributed by atoms with van der Waals surface area (Å²) in [5.74, 6) is 0.797. The molecular formula is C23H30IN5O. The Labute approximate surface area is 195 Å². The van der Waals surface area contributed by atoms with Gasteiger partial charge in [0.25, 0.3) is 0 Å². The van der Waals surface area contributed by atoms with Gasteiger partial charge < -0.3 is 15.4 Å². The van der Waals surface area contributed by atoms with Crippen molar-refractivity contribution < 1.29 is 4.74 Å². The maximum absolute atomic E-state index is 5.91. The van der Waals surface area contributed by atoms with Crippen molar-refractivity contribution in [1.29, 1.82) is 0 Å². The van der Waals surface area contributed by atoms with Crippen LogP contribution in [0.2, 0.25) is 0 Å². The van der Waals surface area contributed by atoms with Crippen molar-refractivity contribution in [2.45, 2.75) is 32.7 Å². The minimum atomic E-state index is 0.